The van der Waals surface area contributed by atoms with E-state index >= 15 is 0 Å². The molecule has 0 aromatic carbocycles. The van der Waals surface area contributed by atoms with Crippen LogP contribution in [0.1, 0.15) is 26.2 Å². The molecule has 0 atom stereocenters. The summed E-state index contributed by atoms with van der Waals surface area (Å²) in [7, 11) is 7.50. The van der Waals surface area contributed by atoms with Crippen molar-refractivity contribution in [1.29, 1.82) is 0 Å². The van der Waals surface area contributed by atoms with Crippen LogP contribution in [0.5, 0.6) is 0 Å². The lowest BCUT2D eigenvalue weighted by molar-refractivity contribution is -0.123. The molecule has 7 nitrogen and oxygen atoms in total. The highest BCUT2D eigenvalue weighted by Crippen LogP contribution is 1.93. The largest absolute Gasteiger partial charge is 0.483 e. The van der Waals surface area contributed by atoms with E-state index in [1.54, 1.807) is 6.08 Å². The molecule has 0 fully saturated rings. The summed E-state index contributed by atoms with van der Waals surface area (Å²) in [6.07, 6.45) is 7.69. The zero-order valence-corrected chi connectivity index (χ0v) is 13.2. The third-order valence-corrected chi connectivity index (χ3v) is 0.939. The van der Waals surface area contributed by atoms with Gasteiger partial charge >= 0.3 is 0 Å². The predicted molar refractivity (Wildman–Crippen MR) is 81.8 cm³/mol. The molecule has 0 heterocycles. The molecule has 0 aliphatic heterocycles. The highest BCUT2D eigenvalue weighted by molar-refractivity contribution is 5.64. The van der Waals surface area contributed by atoms with Crippen LogP contribution >= 0.6 is 0 Å². The number of carbonyl (C=O) groups excluding carboxylic acids is 1. The van der Waals surface area contributed by atoms with E-state index in [9.17, 15) is 4.79 Å². The topological polar surface area (TPSA) is 121 Å². The van der Waals surface area contributed by atoms with Gasteiger partial charge < -0.3 is 20.8 Å². The zero-order valence-electron chi connectivity index (χ0n) is 13.2. The number of nitrogens with zero attached hydrogens (tertiary/aromatic N) is 1. The number of allylic oxidation sites excluding steroid dienone is 2. The van der Waals surface area contributed by atoms with Crippen LogP contribution in [0.15, 0.2) is 12.2 Å². The van der Waals surface area contributed by atoms with E-state index in [0.29, 0.717) is 0 Å². The lowest BCUT2D eigenvalue weighted by Gasteiger charge is -1.90. The lowest BCUT2D eigenvalue weighted by Crippen LogP contribution is -1.99. The van der Waals surface area contributed by atoms with Crippen LogP contribution < -0.4 is 5.73 Å². The van der Waals surface area contributed by atoms with E-state index in [4.69, 9.17) is 19.8 Å². The summed E-state index contributed by atoms with van der Waals surface area (Å²) in [5.74, 6) is 0. The summed E-state index contributed by atoms with van der Waals surface area (Å²) in [6.45, 7) is 1.63. The SMILES string of the molecule is CCCC/C=C/C=O.CN.CN(C)C.O=CO.O=CO. The third-order valence-electron chi connectivity index (χ3n) is 0.939. The average Bonchev–Trinajstić information content (AvgIpc) is 2.38. The van der Waals surface area contributed by atoms with E-state index < -0.39 is 0 Å². The molecule has 0 aliphatic rings. The number of carboxylic acid groups (broad SMARTS) is 2. The van der Waals surface area contributed by atoms with Gasteiger partial charge in [0.15, 0.2) is 0 Å². The number of hydrogen-bond donors (Lipinski definition) is 3. The van der Waals surface area contributed by atoms with Crippen LogP contribution in [0.3, 0.4) is 0 Å². The van der Waals surface area contributed by atoms with Crippen molar-refractivity contribution < 1.29 is 24.6 Å². The Balaban J connectivity index is -0.0000000531. The Hall–Kier alpha value is -1.73. The van der Waals surface area contributed by atoms with Gasteiger partial charge in [-0.25, -0.2) is 0 Å². The lowest BCUT2D eigenvalue weighted by atomic mass is 10.2. The molecule has 7 heteroatoms. The van der Waals surface area contributed by atoms with Crippen molar-refractivity contribution in [2.75, 3.05) is 28.2 Å². The average molecular weight is 294 g/mol. The number of hydrogen-bond acceptors (Lipinski definition) is 5. The summed E-state index contributed by atoms with van der Waals surface area (Å²) in [6, 6.07) is 0. The molecule has 0 rings (SSSR count). The number of unbranched alkanes of at least 4 members (excludes halogenated alkanes) is 2. The van der Waals surface area contributed by atoms with E-state index in [2.05, 4.69) is 12.7 Å². The number of nitrogens with two attached hydrogens (primary N) is 1. The number of rotatable bonds is 4. The molecule has 0 spiro atoms. The van der Waals surface area contributed by atoms with Gasteiger partial charge in [0.2, 0.25) is 0 Å². The summed E-state index contributed by atoms with van der Waals surface area (Å²) >= 11 is 0. The quantitative estimate of drug-likeness (QED) is 0.403. The maximum Gasteiger partial charge on any atom is 0.290 e. The number of aldehydes is 1. The van der Waals surface area contributed by atoms with E-state index in [1.807, 2.05) is 32.1 Å². The van der Waals surface area contributed by atoms with Crippen molar-refractivity contribution in [3.63, 3.8) is 0 Å². The van der Waals surface area contributed by atoms with Gasteiger partial charge in [0.1, 0.15) is 6.29 Å². The second kappa shape index (κ2) is 53.2. The highest BCUT2D eigenvalue weighted by Gasteiger charge is 1.74. The van der Waals surface area contributed by atoms with Crippen molar-refractivity contribution in [3.8, 4) is 0 Å². The number of carbonyl (C=O) groups is 3. The van der Waals surface area contributed by atoms with Gasteiger partial charge in [0.05, 0.1) is 0 Å². The van der Waals surface area contributed by atoms with Crippen molar-refractivity contribution >= 4 is 19.2 Å². The Morgan fingerprint density at radius 1 is 1.00 bits per heavy atom. The molecule has 0 bridgehead atoms. The monoisotopic (exact) mass is 294 g/mol. The van der Waals surface area contributed by atoms with E-state index in [0.717, 1.165) is 12.7 Å². The molecular formula is C13H30N2O5. The van der Waals surface area contributed by atoms with E-state index in [-0.39, 0.29) is 12.9 Å². The van der Waals surface area contributed by atoms with Crippen LogP contribution in [0.25, 0.3) is 0 Å². The van der Waals surface area contributed by atoms with Gasteiger partial charge in [-0.3, -0.25) is 14.4 Å². The van der Waals surface area contributed by atoms with E-state index in [1.165, 1.54) is 19.9 Å². The van der Waals surface area contributed by atoms with Gasteiger partial charge in [-0.1, -0.05) is 25.8 Å². The molecule has 0 aromatic rings. The minimum atomic E-state index is -0.250. The molecule has 0 unspecified atom stereocenters. The van der Waals surface area contributed by atoms with Gasteiger partial charge in [-0.15, -0.1) is 0 Å². The molecule has 0 aromatic heterocycles. The normalized spacial score (nSPS) is 7.35. The Labute approximate surface area is 122 Å². The molecule has 0 radical (unpaired) electrons. The minimum Gasteiger partial charge on any atom is -0.483 e. The Morgan fingerprint density at radius 2 is 1.30 bits per heavy atom. The fraction of sp³-hybridized carbons (Fsp3) is 0.615. The first-order chi connectivity index (χ1) is 9.47. The molecule has 0 aliphatic carbocycles. The zero-order chi connectivity index (χ0) is 17.2. The summed E-state index contributed by atoms with van der Waals surface area (Å²) in [5, 5.41) is 13.8. The first-order valence-electron chi connectivity index (χ1n) is 5.92. The maximum absolute atomic E-state index is 9.68. The Kier molecular flexibility index (Phi) is 82.3. The van der Waals surface area contributed by atoms with Crippen LogP contribution in [0, 0.1) is 0 Å². The van der Waals surface area contributed by atoms with Crippen LogP contribution in [-0.2, 0) is 14.4 Å². The second-order valence-corrected chi connectivity index (χ2v) is 3.26. The van der Waals surface area contributed by atoms with Crippen molar-refractivity contribution in [2.45, 2.75) is 26.2 Å². The Bertz CT molecular complexity index is 177. The molecule has 122 valence electrons. The Morgan fingerprint density at radius 3 is 1.50 bits per heavy atom. The molecule has 20 heavy (non-hydrogen) atoms. The fourth-order valence-corrected chi connectivity index (χ4v) is 0.474. The maximum atomic E-state index is 9.68. The first-order valence-corrected chi connectivity index (χ1v) is 5.92. The third kappa shape index (κ3) is 355. The molecule has 0 saturated carbocycles. The first kappa shape index (κ1) is 30.9. The van der Waals surface area contributed by atoms with Crippen LogP contribution in [-0.4, -0.2) is 62.5 Å². The molecule has 4 N–H and O–H groups in total. The summed E-state index contributed by atoms with van der Waals surface area (Å²) < 4.78 is 0. The van der Waals surface area contributed by atoms with Crippen molar-refractivity contribution in [1.82, 2.24) is 4.90 Å². The predicted octanol–water partition coefficient (Wildman–Crippen LogP) is 1.09. The van der Waals surface area contributed by atoms with Gasteiger partial charge in [-0.2, -0.15) is 0 Å². The minimum absolute atomic E-state index is 0.250. The van der Waals surface area contributed by atoms with Crippen LogP contribution in [0.2, 0.25) is 0 Å². The van der Waals surface area contributed by atoms with Crippen molar-refractivity contribution in [3.05, 3.63) is 12.2 Å². The van der Waals surface area contributed by atoms with Crippen LogP contribution in [0.4, 0.5) is 0 Å². The van der Waals surface area contributed by atoms with Gasteiger partial charge in [0.25, 0.3) is 12.9 Å². The second-order valence-electron chi connectivity index (χ2n) is 3.26. The standard InChI is InChI=1S/C7H12O.C3H9N.CH5N.2CH2O2/c1-2-3-4-5-6-7-8;1-4(2)3;1-2;2*2-1-3/h5-7H,2-4H2,1H3;1-3H3;2H2,1H3;2*1H,(H,2,3)/b6-5+;;;;. The van der Waals surface area contributed by atoms with Gasteiger partial charge in [-0.05, 0) is 40.7 Å². The smallest absolute Gasteiger partial charge is 0.290 e. The van der Waals surface area contributed by atoms with Crippen molar-refractivity contribution in [2.24, 2.45) is 5.73 Å². The summed E-state index contributed by atoms with van der Waals surface area (Å²) in [4.78, 5) is 28.4. The molecule has 0 amide bonds. The van der Waals surface area contributed by atoms with Gasteiger partial charge in [0, 0.05) is 0 Å². The molecule has 0 saturated heterocycles. The highest BCUT2D eigenvalue weighted by atomic mass is 16.3. The molecular weight excluding hydrogens is 264 g/mol. The summed E-state index contributed by atoms with van der Waals surface area (Å²) in [5.41, 5.74) is 4.50. The fourth-order valence-electron chi connectivity index (χ4n) is 0.474.